The average Bonchev–Trinajstić information content (AvgIpc) is 2.58. The molecule has 0 bridgehead atoms. The zero-order valence-electron chi connectivity index (χ0n) is 15.9. The second-order valence-electron chi connectivity index (χ2n) is 8.18. The number of rotatable bonds is 3. The maximum Gasteiger partial charge on any atom is 0.225 e. The zero-order valence-corrected chi connectivity index (χ0v) is 17.5. The molecule has 0 spiro atoms. The van der Waals surface area contributed by atoms with E-state index in [4.69, 9.17) is 5.73 Å². The van der Waals surface area contributed by atoms with Crippen molar-refractivity contribution < 1.29 is 4.79 Å². The van der Waals surface area contributed by atoms with Crippen molar-refractivity contribution in [3.63, 3.8) is 0 Å². The molecular formula is C20H33Cl2N3O. The summed E-state index contributed by atoms with van der Waals surface area (Å²) >= 11 is 0. The van der Waals surface area contributed by atoms with Crippen LogP contribution in [0.15, 0.2) is 30.3 Å². The van der Waals surface area contributed by atoms with Crippen LogP contribution in [0, 0.1) is 11.3 Å². The van der Waals surface area contributed by atoms with Crippen LogP contribution in [-0.2, 0) is 11.3 Å². The van der Waals surface area contributed by atoms with Crippen molar-refractivity contribution in [2.45, 2.75) is 45.7 Å². The highest BCUT2D eigenvalue weighted by atomic mass is 35.5. The van der Waals surface area contributed by atoms with Crippen LogP contribution in [0.3, 0.4) is 0 Å². The lowest BCUT2D eigenvalue weighted by Crippen LogP contribution is -2.55. The van der Waals surface area contributed by atoms with E-state index in [9.17, 15) is 4.79 Å². The van der Waals surface area contributed by atoms with Crippen molar-refractivity contribution in [1.82, 2.24) is 9.80 Å². The van der Waals surface area contributed by atoms with Crippen LogP contribution in [0.5, 0.6) is 0 Å². The van der Waals surface area contributed by atoms with E-state index >= 15 is 0 Å². The largest absolute Gasteiger partial charge is 0.342 e. The summed E-state index contributed by atoms with van der Waals surface area (Å²) in [7, 11) is 0. The molecule has 0 radical (unpaired) electrons. The van der Waals surface area contributed by atoms with Gasteiger partial charge in [-0.05, 0) is 43.3 Å². The van der Waals surface area contributed by atoms with E-state index < -0.39 is 0 Å². The molecule has 2 heterocycles. The van der Waals surface area contributed by atoms with Crippen molar-refractivity contribution >= 4 is 30.7 Å². The molecule has 3 rings (SSSR count). The molecule has 1 amide bonds. The summed E-state index contributed by atoms with van der Waals surface area (Å²) in [5.74, 6) is 0.552. The number of hydrogen-bond acceptors (Lipinski definition) is 3. The molecule has 2 fully saturated rings. The number of halogens is 2. The smallest absolute Gasteiger partial charge is 0.225 e. The fourth-order valence-corrected chi connectivity index (χ4v) is 4.00. The van der Waals surface area contributed by atoms with Gasteiger partial charge in [0.1, 0.15) is 0 Å². The first-order valence-electron chi connectivity index (χ1n) is 9.26. The van der Waals surface area contributed by atoms with Gasteiger partial charge in [0.15, 0.2) is 0 Å². The van der Waals surface area contributed by atoms with Crippen LogP contribution in [0.2, 0.25) is 0 Å². The van der Waals surface area contributed by atoms with Crippen molar-refractivity contribution in [2.24, 2.45) is 17.1 Å². The molecule has 0 saturated carbocycles. The standard InChI is InChI=1S/C20H31N3O.2ClH/c1-20(2)15-23(13-10-18(20)21)19(24)17-8-11-22(12-9-17)14-16-6-4-3-5-7-16;;/h3-7,17-18H,8-15,21H2,1-2H3;2*1H. The number of likely N-dealkylation sites (tertiary alicyclic amines) is 2. The molecule has 1 atom stereocenters. The van der Waals surface area contributed by atoms with Gasteiger partial charge in [-0.3, -0.25) is 9.69 Å². The fraction of sp³-hybridized carbons (Fsp3) is 0.650. The molecule has 4 nitrogen and oxygen atoms in total. The third-order valence-electron chi connectivity index (χ3n) is 5.81. The predicted molar refractivity (Wildman–Crippen MR) is 112 cm³/mol. The summed E-state index contributed by atoms with van der Waals surface area (Å²) in [6.07, 6.45) is 2.88. The summed E-state index contributed by atoms with van der Waals surface area (Å²) in [6, 6.07) is 10.8. The quantitative estimate of drug-likeness (QED) is 0.844. The highest BCUT2D eigenvalue weighted by Gasteiger charge is 2.37. The van der Waals surface area contributed by atoms with Gasteiger partial charge in [0.25, 0.3) is 0 Å². The lowest BCUT2D eigenvalue weighted by Gasteiger charge is -2.44. The molecule has 0 aliphatic carbocycles. The fourth-order valence-electron chi connectivity index (χ4n) is 4.00. The van der Waals surface area contributed by atoms with Crippen LogP contribution < -0.4 is 5.73 Å². The summed E-state index contributed by atoms with van der Waals surface area (Å²) in [6.45, 7) is 9.02. The SMILES string of the molecule is CC1(C)CN(C(=O)C2CCN(Cc3ccccc3)CC2)CCC1N.Cl.Cl. The minimum Gasteiger partial charge on any atom is -0.342 e. The number of nitrogens with zero attached hydrogens (tertiary/aromatic N) is 2. The molecule has 0 aromatic heterocycles. The van der Waals surface area contributed by atoms with Crippen molar-refractivity contribution in [1.29, 1.82) is 0 Å². The Bertz CT molecular complexity index is 559. The van der Waals surface area contributed by atoms with Gasteiger partial charge in [-0.2, -0.15) is 0 Å². The van der Waals surface area contributed by atoms with E-state index in [2.05, 4.69) is 54.0 Å². The van der Waals surface area contributed by atoms with E-state index in [-0.39, 0.29) is 42.2 Å². The van der Waals surface area contributed by atoms with Gasteiger partial charge in [-0.15, -0.1) is 24.8 Å². The Morgan fingerprint density at radius 3 is 2.27 bits per heavy atom. The molecule has 2 N–H and O–H groups in total. The average molecular weight is 402 g/mol. The van der Waals surface area contributed by atoms with Crippen molar-refractivity contribution in [3.8, 4) is 0 Å². The summed E-state index contributed by atoms with van der Waals surface area (Å²) in [5.41, 5.74) is 7.59. The van der Waals surface area contributed by atoms with Gasteiger partial charge in [-0.1, -0.05) is 44.2 Å². The van der Waals surface area contributed by atoms with Gasteiger partial charge in [0.2, 0.25) is 5.91 Å². The second kappa shape index (κ2) is 9.93. The van der Waals surface area contributed by atoms with Crippen molar-refractivity contribution in [3.05, 3.63) is 35.9 Å². The first kappa shape index (κ1) is 23.2. The van der Waals surface area contributed by atoms with Crippen LogP contribution in [0.25, 0.3) is 0 Å². The minimum absolute atomic E-state index is 0. The molecule has 6 heteroatoms. The maximum atomic E-state index is 12.9. The molecule has 148 valence electrons. The van der Waals surface area contributed by atoms with E-state index in [0.717, 1.165) is 52.0 Å². The molecule has 1 aromatic rings. The highest BCUT2D eigenvalue weighted by Crippen LogP contribution is 2.30. The zero-order chi connectivity index (χ0) is 17.2. The molecule has 2 aliphatic heterocycles. The Labute approximate surface area is 170 Å². The van der Waals surface area contributed by atoms with E-state index in [1.165, 1.54) is 5.56 Å². The maximum absolute atomic E-state index is 12.9. The van der Waals surface area contributed by atoms with Gasteiger partial charge >= 0.3 is 0 Å². The lowest BCUT2D eigenvalue weighted by molar-refractivity contribution is -0.140. The Balaban J connectivity index is 0.00000169. The van der Waals surface area contributed by atoms with Crippen LogP contribution >= 0.6 is 24.8 Å². The third-order valence-corrected chi connectivity index (χ3v) is 5.81. The van der Waals surface area contributed by atoms with Gasteiger partial charge < -0.3 is 10.6 Å². The molecule has 26 heavy (non-hydrogen) atoms. The Hall–Kier alpha value is -0.810. The summed E-state index contributed by atoms with van der Waals surface area (Å²) < 4.78 is 0. The topological polar surface area (TPSA) is 49.6 Å². The minimum atomic E-state index is 0. The Kier molecular flexibility index (Phi) is 8.87. The highest BCUT2D eigenvalue weighted by molar-refractivity contribution is 5.85. The number of carbonyl (C=O) groups is 1. The lowest BCUT2D eigenvalue weighted by atomic mass is 9.79. The van der Waals surface area contributed by atoms with Crippen molar-refractivity contribution in [2.75, 3.05) is 26.2 Å². The van der Waals surface area contributed by atoms with Gasteiger partial charge in [0, 0.05) is 31.6 Å². The normalized spacial score (nSPS) is 23.7. The molecule has 2 saturated heterocycles. The number of nitrogens with two attached hydrogens (primary N) is 1. The van der Waals surface area contributed by atoms with Crippen LogP contribution in [0.4, 0.5) is 0 Å². The summed E-state index contributed by atoms with van der Waals surface area (Å²) in [5, 5.41) is 0. The first-order chi connectivity index (χ1) is 11.5. The second-order valence-corrected chi connectivity index (χ2v) is 8.18. The number of benzene rings is 1. The Morgan fingerprint density at radius 1 is 1.08 bits per heavy atom. The van der Waals surface area contributed by atoms with Crippen LogP contribution in [-0.4, -0.2) is 47.9 Å². The monoisotopic (exact) mass is 401 g/mol. The Morgan fingerprint density at radius 2 is 1.69 bits per heavy atom. The van der Waals surface area contributed by atoms with Gasteiger partial charge in [-0.25, -0.2) is 0 Å². The summed E-state index contributed by atoms with van der Waals surface area (Å²) in [4.78, 5) is 17.4. The first-order valence-corrected chi connectivity index (χ1v) is 9.26. The van der Waals surface area contributed by atoms with E-state index in [0.29, 0.717) is 5.91 Å². The van der Waals surface area contributed by atoms with Crippen LogP contribution in [0.1, 0.15) is 38.7 Å². The third kappa shape index (κ3) is 5.59. The molecular weight excluding hydrogens is 369 g/mol. The number of hydrogen-bond donors (Lipinski definition) is 1. The predicted octanol–water partition coefficient (Wildman–Crippen LogP) is 3.33. The number of carbonyl (C=O) groups excluding carboxylic acids is 1. The van der Waals surface area contributed by atoms with E-state index in [1.54, 1.807) is 0 Å². The van der Waals surface area contributed by atoms with E-state index in [1.807, 2.05) is 0 Å². The molecule has 2 aliphatic rings. The number of amides is 1. The number of piperidine rings is 2. The molecule has 1 unspecified atom stereocenters. The van der Waals surface area contributed by atoms with Gasteiger partial charge in [0.05, 0.1) is 0 Å². The molecule has 1 aromatic carbocycles.